The molecule has 100 valence electrons. The number of aliphatic hydroxyl groups excluding tert-OH is 1. The van der Waals surface area contributed by atoms with Crippen LogP contribution in [0.25, 0.3) is 0 Å². The van der Waals surface area contributed by atoms with Crippen molar-refractivity contribution >= 4 is 0 Å². The summed E-state index contributed by atoms with van der Waals surface area (Å²) in [5, 5.41) is 22.4. The molecule has 19 heavy (non-hydrogen) atoms. The number of rotatable bonds is 5. The number of hydrogen-bond donors (Lipinski definition) is 3. The molecule has 0 aliphatic carbocycles. The molecular weight excluding hydrogens is 244 g/mol. The fourth-order valence-electron chi connectivity index (χ4n) is 1.76. The summed E-state index contributed by atoms with van der Waals surface area (Å²) in [4.78, 5) is 12.0. The summed E-state index contributed by atoms with van der Waals surface area (Å²) in [5.74, 6) is 0.127. The van der Waals surface area contributed by atoms with Crippen molar-refractivity contribution in [2.75, 3.05) is 0 Å². The lowest BCUT2D eigenvalue weighted by atomic mass is 10.1. The Morgan fingerprint density at radius 1 is 1.26 bits per heavy atom. The normalized spacial score (nSPS) is 10.6. The number of aliphatic hydroxyl groups is 1. The summed E-state index contributed by atoms with van der Waals surface area (Å²) in [6.45, 7) is 2.58. The summed E-state index contributed by atoms with van der Waals surface area (Å²) in [6, 6.07) is 1.82. The molecule has 2 aromatic rings. The second-order valence-electron chi connectivity index (χ2n) is 4.16. The summed E-state index contributed by atoms with van der Waals surface area (Å²) in [5.41, 5.74) is 2.71. The Hall–Kier alpha value is -2.05. The third-order valence-electron chi connectivity index (χ3n) is 2.85. The highest BCUT2D eigenvalue weighted by Gasteiger charge is 2.10. The van der Waals surface area contributed by atoms with Gasteiger partial charge in [0.05, 0.1) is 18.0 Å². The second-order valence-corrected chi connectivity index (χ2v) is 4.16. The van der Waals surface area contributed by atoms with Gasteiger partial charge in [-0.05, 0) is 13.0 Å². The van der Waals surface area contributed by atoms with Crippen LogP contribution in [0.15, 0.2) is 24.8 Å². The van der Waals surface area contributed by atoms with Crippen molar-refractivity contribution in [1.82, 2.24) is 20.3 Å². The third kappa shape index (κ3) is 3.24. The molecule has 0 saturated carbocycles. The van der Waals surface area contributed by atoms with Gasteiger partial charge in [0.25, 0.3) is 0 Å². The summed E-state index contributed by atoms with van der Waals surface area (Å²) >= 11 is 0. The average Bonchev–Trinajstić information content (AvgIpc) is 2.45. The van der Waals surface area contributed by atoms with Crippen molar-refractivity contribution in [1.29, 1.82) is 0 Å². The molecule has 0 fully saturated rings. The molecule has 0 atom stereocenters. The van der Waals surface area contributed by atoms with E-state index in [9.17, 15) is 10.2 Å². The highest BCUT2D eigenvalue weighted by atomic mass is 16.3. The highest BCUT2D eigenvalue weighted by molar-refractivity contribution is 5.40. The van der Waals surface area contributed by atoms with Gasteiger partial charge >= 0.3 is 0 Å². The van der Waals surface area contributed by atoms with Gasteiger partial charge < -0.3 is 15.5 Å². The van der Waals surface area contributed by atoms with Gasteiger partial charge in [0, 0.05) is 36.6 Å². The third-order valence-corrected chi connectivity index (χ3v) is 2.85. The Morgan fingerprint density at radius 3 is 2.79 bits per heavy atom. The van der Waals surface area contributed by atoms with Gasteiger partial charge in [-0.2, -0.15) is 0 Å². The largest absolute Gasteiger partial charge is 0.506 e. The Morgan fingerprint density at radius 2 is 2.11 bits per heavy atom. The SMILES string of the molecule is Cc1ncc(CO)c(CNCc2ccncn2)c1O. The van der Waals surface area contributed by atoms with Crippen LogP contribution >= 0.6 is 0 Å². The fraction of sp³-hybridized carbons (Fsp3) is 0.308. The molecule has 0 aliphatic heterocycles. The van der Waals surface area contributed by atoms with Crippen molar-refractivity contribution in [3.63, 3.8) is 0 Å². The summed E-state index contributed by atoms with van der Waals surface area (Å²) < 4.78 is 0. The van der Waals surface area contributed by atoms with E-state index in [1.165, 1.54) is 6.33 Å². The number of aromatic nitrogens is 3. The number of hydrogen-bond acceptors (Lipinski definition) is 6. The monoisotopic (exact) mass is 260 g/mol. The van der Waals surface area contributed by atoms with Crippen molar-refractivity contribution in [3.8, 4) is 5.75 Å². The van der Waals surface area contributed by atoms with Crippen molar-refractivity contribution in [3.05, 3.63) is 47.3 Å². The molecule has 0 aromatic carbocycles. The number of aromatic hydroxyl groups is 1. The van der Waals surface area contributed by atoms with Gasteiger partial charge in [0.2, 0.25) is 0 Å². The zero-order valence-corrected chi connectivity index (χ0v) is 10.7. The van der Waals surface area contributed by atoms with Crippen LogP contribution < -0.4 is 5.32 Å². The van der Waals surface area contributed by atoms with Gasteiger partial charge in [-0.3, -0.25) is 4.98 Å². The van der Waals surface area contributed by atoms with Crippen LogP contribution in [0.1, 0.15) is 22.5 Å². The minimum Gasteiger partial charge on any atom is -0.506 e. The van der Waals surface area contributed by atoms with Gasteiger partial charge in [-0.25, -0.2) is 9.97 Å². The molecule has 0 saturated heterocycles. The van der Waals surface area contributed by atoms with E-state index in [0.29, 0.717) is 29.9 Å². The molecule has 3 N–H and O–H groups in total. The molecule has 0 bridgehead atoms. The van der Waals surface area contributed by atoms with E-state index in [4.69, 9.17) is 0 Å². The second kappa shape index (κ2) is 6.21. The Kier molecular flexibility index (Phi) is 4.38. The van der Waals surface area contributed by atoms with Crippen LogP contribution in [0.5, 0.6) is 5.75 Å². The molecule has 0 amide bonds. The van der Waals surface area contributed by atoms with Crippen molar-refractivity contribution < 1.29 is 10.2 Å². The molecule has 6 nitrogen and oxygen atoms in total. The van der Waals surface area contributed by atoms with Crippen LogP contribution in [0.3, 0.4) is 0 Å². The maximum absolute atomic E-state index is 9.97. The van der Waals surface area contributed by atoms with E-state index in [2.05, 4.69) is 20.3 Å². The number of nitrogens with zero attached hydrogens (tertiary/aromatic N) is 3. The smallest absolute Gasteiger partial charge is 0.141 e. The topological polar surface area (TPSA) is 91.2 Å². The van der Waals surface area contributed by atoms with Gasteiger partial charge in [-0.15, -0.1) is 0 Å². The fourth-order valence-corrected chi connectivity index (χ4v) is 1.76. The Balaban J connectivity index is 2.05. The van der Waals surface area contributed by atoms with Crippen LogP contribution in [0.2, 0.25) is 0 Å². The molecule has 0 aliphatic rings. The van der Waals surface area contributed by atoms with E-state index in [-0.39, 0.29) is 12.4 Å². The lowest BCUT2D eigenvalue weighted by Gasteiger charge is -2.12. The first-order valence-corrected chi connectivity index (χ1v) is 5.95. The molecular formula is C13H16N4O2. The minimum absolute atomic E-state index is 0.127. The maximum Gasteiger partial charge on any atom is 0.141 e. The first-order chi connectivity index (χ1) is 9.22. The number of nitrogens with one attached hydrogen (secondary N) is 1. The molecule has 2 heterocycles. The van der Waals surface area contributed by atoms with E-state index in [1.54, 1.807) is 19.3 Å². The van der Waals surface area contributed by atoms with Crippen LogP contribution in [0.4, 0.5) is 0 Å². The van der Waals surface area contributed by atoms with Crippen LogP contribution in [-0.2, 0) is 19.7 Å². The average molecular weight is 260 g/mol. The number of aryl methyl sites for hydroxylation is 1. The van der Waals surface area contributed by atoms with Crippen LogP contribution in [0, 0.1) is 6.92 Å². The standard InChI is InChI=1S/C13H16N4O2/c1-9-13(19)12(10(7-18)4-16-9)6-15-5-11-2-3-14-8-17-11/h2-4,8,15,18-19H,5-7H2,1H3. The molecule has 6 heteroatoms. The number of pyridine rings is 1. The van der Waals surface area contributed by atoms with E-state index < -0.39 is 0 Å². The maximum atomic E-state index is 9.97. The zero-order chi connectivity index (χ0) is 13.7. The van der Waals surface area contributed by atoms with Gasteiger partial charge in [-0.1, -0.05) is 0 Å². The van der Waals surface area contributed by atoms with Gasteiger partial charge in [0.1, 0.15) is 12.1 Å². The lowest BCUT2D eigenvalue weighted by Crippen LogP contribution is -2.15. The molecule has 2 rings (SSSR count). The molecule has 0 spiro atoms. The first kappa shape index (κ1) is 13.4. The summed E-state index contributed by atoms with van der Waals surface area (Å²) in [7, 11) is 0. The van der Waals surface area contributed by atoms with E-state index >= 15 is 0 Å². The van der Waals surface area contributed by atoms with Gasteiger partial charge in [0.15, 0.2) is 0 Å². The lowest BCUT2D eigenvalue weighted by molar-refractivity contribution is 0.278. The highest BCUT2D eigenvalue weighted by Crippen LogP contribution is 2.23. The van der Waals surface area contributed by atoms with Crippen LogP contribution in [-0.4, -0.2) is 25.2 Å². The van der Waals surface area contributed by atoms with E-state index in [1.807, 2.05) is 6.07 Å². The molecule has 0 unspecified atom stereocenters. The molecule has 0 radical (unpaired) electrons. The summed E-state index contributed by atoms with van der Waals surface area (Å²) in [6.07, 6.45) is 4.75. The predicted octanol–water partition coefficient (Wildman–Crippen LogP) is 0.668. The Labute approximate surface area is 111 Å². The van der Waals surface area contributed by atoms with Crippen molar-refractivity contribution in [2.45, 2.75) is 26.6 Å². The zero-order valence-electron chi connectivity index (χ0n) is 10.7. The quantitative estimate of drug-likeness (QED) is 0.732. The minimum atomic E-state index is -0.147. The van der Waals surface area contributed by atoms with E-state index in [0.717, 1.165) is 5.69 Å². The molecule has 2 aromatic heterocycles. The Bertz CT molecular complexity index is 546. The predicted molar refractivity (Wildman–Crippen MR) is 69.1 cm³/mol. The van der Waals surface area contributed by atoms with Crippen molar-refractivity contribution in [2.24, 2.45) is 0 Å². The first-order valence-electron chi connectivity index (χ1n) is 5.95.